The van der Waals surface area contributed by atoms with Crippen LogP contribution in [0.5, 0.6) is 17.2 Å². The van der Waals surface area contributed by atoms with E-state index in [0.29, 0.717) is 17.2 Å². The molecule has 27 heavy (non-hydrogen) atoms. The average molecular weight is 405 g/mol. The van der Waals surface area contributed by atoms with Crippen molar-refractivity contribution in [1.82, 2.24) is 10.3 Å². The molecule has 8 heteroatoms. The summed E-state index contributed by atoms with van der Waals surface area (Å²) in [4.78, 5) is 18.0. The van der Waals surface area contributed by atoms with E-state index in [1.54, 1.807) is 56.1 Å². The number of hydrogen-bond acceptors (Lipinski definition) is 7. The molecule has 0 spiro atoms. The van der Waals surface area contributed by atoms with E-state index in [-0.39, 0.29) is 18.9 Å². The zero-order valence-electron chi connectivity index (χ0n) is 15.3. The first kappa shape index (κ1) is 19.2. The van der Waals surface area contributed by atoms with E-state index in [1.165, 1.54) is 0 Å². The second-order valence-electron chi connectivity index (χ2n) is 5.59. The Morgan fingerprint density at radius 2 is 1.85 bits per heavy atom. The Hall–Kier alpha value is -2.58. The van der Waals surface area contributed by atoms with Gasteiger partial charge in [0.15, 0.2) is 0 Å². The van der Waals surface area contributed by atoms with E-state index in [9.17, 15) is 4.79 Å². The van der Waals surface area contributed by atoms with E-state index in [2.05, 4.69) is 10.3 Å². The molecular weight excluding hydrogens is 384 g/mol. The van der Waals surface area contributed by atoms with Gasteiger partial charge in [-0.15, -0.1) is 22.7 Å². The lowest BCUT2D eigenvalue weighted by Gasteiger charge is -2.15. The third-order valence-corrected chi connectivity index (χ3v) is 5.83. The number of carbonyl (C=O) groups is 1. The van der Waals surface area contributed by atoms with Crippen molar-refractivity contribution in [3.8, 4) is 27.1 Å². The highest BCUT2D eigenvalue weighted by atomic mass is 32.1. The van der Waals surface area contributed by atoms with E-state index < -0.39 is 0 Å². The molecule has 0 fully saturated rings. The molecule has 0 bridgehead atoms. The first-order chi connectivity index (χ1) is 13.1. The van der Waals surface area contributed by atoms with Gasteiger partial charge in [0.2, 0.25) is 5.91 Å². The minimum Gasteiger partial charge on any atom is -0.496 e. The largest absolute Gasteiger partial charge is 0.496 e. The van der Waals surface area contributed by atoms with Gasteiger partial charge in [0.1, 0.15) is 22.3 Å². The maximum atomic E-state index is 12.4. The lowest BCUT2D eigenvalue weighted by Crippen LogP contribution is -2.25. The molecule has 1 amide bonds. The summed E-state index contributed by atoms with van der Waals surface area (Å²) in [5.74, 6) is 1.71. The molecule has 0 aliphatic rings. The number of rotatable bonds is 8. The molecule has 2 heterocycles. The fourth-order valence-corrected chi connectivity index (χ4v) is 4.20. The van der Waals surface area contributed by atoms with Gasteiger partial charge < -0.3 is 19.5 Å². The second-order valence-corrected chi connectivity index (χ2v) is 7.39. The first-order valence-corrected chi connectivity index (χ1v) is 9.94. The molecule has 1 aromatic carbocycles. The van der Waals surface area contributed by atoms with Crippen LogP contribution in [0.2, 0.25) is 0 Å². The fraction of sp³-hybridized carbons (Fsp3) is 0.263. The Labute approximate surface area is 165 Å². The third-order valence-electron chi connectivity index (χ3n) is 3.90. The van der Waals surface area contributed by atoms with Crippen LogP contribution in [0.15, 0.2) is 35.0 Å². The van der Waals surface area contributed by atoms with Gasteiger partial charge in [-0.2, -0.15) is 0 Å². The molecule has 0 radical (unpaired) electrons. The van der Waals surface area contributed by atoms with Crippen LogP contribution in [0.25, 0.3) is 9.88 Å². The molecule has 3 rings (SSSR count). The number of aromatic nitrogens is 1. The van der Waals surface area contributed by atoms with Gasteiger partial charge in [-0.3, -0.25) is 4.79 Å². The van der Waals surface area contributed by atoms with Crippen molar-refractivity contribution >= 4 is 28.6 Å². The number of nitrogens with one attached hydrogen (secondary N) is 1. The summed E-state index contributed by atoms with van der Waals surface area (Å²) in [7, 11) is 4.72. The predicted molar refractivity (Wildman–Crippen MR) is 107 cm³/mol. The zero-order chi connectivity index (χ0) is 19.2. The molecule has 3 aromatic rings. The first-order valence-electron chi connectivity index (χ1n) is 8.18. The van der Waals surface area contributed by atoms with Gasteiger partial charge in [-0.1, -0.05) is 6.07 Å². The van der Waals surface area contributed by atoms with Crippen molar-refractivity contribution in [3.63, 3.8) is 0 Å². The summed E-state index contributed by atoms with van der Waals surface area (Å²) in [6.45, 7) is 0.289. The van der Waals surface area contributed by atoms with Gasteiger partial charge >= 0.3 is 0 Å². The van der Waals surface area contributed by atoms with Crippen LogP contribution >= 0.6 is 22.7 Å². The number of nitrogens with zero attached hydrogens (tertiary/aromatic N) is 1. The maximum Gasteiger partial charge on any atom is 0.226 e. The SMILES string of the molecule is COc1cc(OC)c(CNC(=O)Cc2csc(-c3cccs3)n2)c(OC)c1. The van der Waals surface area contributed by atoms with Crippen molar-refractivity contribution in [2.45, 2.75) is 13.0 Å². The molecule has 0 atom stereocenters. The standard InChI is InChI=1S/C19H20N2O4S2/c1-23-13-8-15(24-2)14(16(9-13)25-3)10-20-18(22)7-12-11-27-19(21-12)17-5-4-6-26-17/h4-6,8-9,11H,7,10H2,1-3H3,(H,20,22). The van der Waals surface area contributed by atoms with Crippen LogP contribution in [-0.2, 0) is 17.8 Å². The number of amides is 1. The summed E-state index contributed by atoms with van der Waals surface area (Å²) in [6.07, 6.45) is 0.225. The number of ether oxygens (including phenoxy) is 3. The molecule has 142 valence electrons. The van der Waals surface area contributed by atoms with Crippen LogP contribution < -0.4 is 19.5 Å². The Morgan fingerprint density at radius 3 is 2.44 bits per heavy atom. The van der Waals surface area contributed by atoms with Crippen LogP contribution in [0.3, 0.4) is 0 Å². The summed E-state index contributed by atoms with van der Waals surface area (Å²) >= 11 is 3.18. The van der Waals surface area contributed by atoms with Crippen molar-refractivity contribution in [3.05, 3.63) is 46.3 Å². The van der Waals surface area contributed by atoms with Crippen molar-refractivity contribution in [1.29, 1.82) is 0 Å². The summed E-state index contributed by atoms with van der Waals surface area (Å²) in [5.41, 5.74) is 1.52. The highest BCUT2D eigenvalue weighted by Crippen LogP contribution is 2.34. The van der Waals surface area contributed by atoms with E-state index in [0.717, 1.165) is 21.1 Å². The molecule has 0 saturated heterocycles. The fourth-order valence-electron chi connectivity index (χ4n) is 2.57. The second kappa shape index (κ2) is 8.88. The minimum absolute atomic E-state index is 0.113. The van der Waals surface area contributed by atoms with Crippen molar-refractivity contribution in [2.24, 2.45) is 0 Å². The number of thiophene rings is 1. The maximum absolute atomic E-state index is 12.4. The summed E-state index contributed by atoms with van der Waals surface area (Å²) < 4.78 is 16.0. The molecule has 0 aliphatic carbocycles. The zero-order valence-corrected chi connectivity index (χ0v) is 16.9. The van der Waals surface area contributed by atoms with Gasteiger partial charge in [-0.05, 0) is 11.4 Å². The van der Waals surface area contributed by atoms with Gasteiger partial charge in [-0.25, -0.2) is 4.98 Å². The van der Waals surface area contributed by atoms with E-state index >= 15 is 0 Å². The third kappa shape index (κ3) is 4.58. The Bertz CT molecular complexity index is 881. The number of benzene rings is 1. The molecular formula is C19H20N2O4S2. The molecule has 0 aliphatic heterocycles. The molecule has 6 nitrogen and oxygen atoms in total. The lowest BCUT2D eigenvalue weighted by atomic mass is 10.1. The van der Waals surface area contributed by atoms with Gasteiger partial charge in [0.05, 0.1) is 50.4 Å². The van der Waals surface area contributed by atoms with E-state index in [1.807, 2.05) is 22.9 Å². The smallest absolute Gasteiger partial charge is 0.226 e. The van der Waals surface area contributed by atoms with E-state index in [4.69, 9.17) is 14.2 Å². The number of carbonyl (C=O) groups excluding carboxylic acids is 1. The topological polar surface area (TPSA) is 69.7 Å². The Morgan fingerprint density at radius 1 is 1.11 bits per heavy atom. The molecule has 2 aromatic heterocycles. The van der Waals surface area contributed by atoms with Crippen LogP contribution in [0, 0.1) is 0 Å². The number of methoxy groups -OCH3 is 3. The molecule has 1 N–H and O–H groups in total. The van der Waals surface area contributed by atoms with Crippen LogP contribution in [-0.4, -0.2) is 32.2 Å². The number of thiazole rings is 1. The van der Waals surface area contributed by atoms with Gasteiger partial charge in [0, 0.05) is 17.5 Å². The van der Waals surface area contributed by atoms with Gasteiger partial charge in [0.25, 0.3) is 0 Å². The monoisotopic (exact) mass is 404 g/mol. The normalized spacial score (nSPS) is 10.5. The Balaban J connectivity index is 1.66. The lowest BCUT2D eigenvalue weighted by molar-refractivity contribution is -0.120. The minimum atomic E-state index is -0.113. The quantitative estimate of drug-likeness (QED) is 0.619. The Kier molecular flexibility index (Phi) is 6.31. The summed E-state index contributed by atoms with van der Waals surface area (Å²) in [6, 6.07) is 7.54. The molecule has 0 saturated carbocycles. The highest BCUT2D eigenvalue weighted by Gasteiger charge is 2.15. The van der Waals surface area contributed by atoms with Crippen LogP contribution in [0.4, 0.5) is 0 Å². The summed E-state index contributed by atoms with van der Waals surface area (Å²) in [5, 5.41) is 7.77. The number of hydrogen-bond donors (Lipinski definition) is 1. The van der Waals surface area contributed by atoms with Crippen LogP contribution in [0.1, 0.15) is 11.3 Å². The molecule has 0 unspecified atom stereocenters. The highest BCUT2D eigenvalue weighted by molar-refractivity contribution is 7.20. The predicted octanol–water partition coefficient (Wildman–Crippen LogP) is 3.76. The van der Waals surface area contributed by atoms with Crippen molar-refractivity contribution < 1.29 is 19.0 Å². The average Bonchev–Trinajstić information content (AvgIpc) is 3.37. The van der Waals surface area contributed by atoms with Crippen molar-refractivity contribution in [2.75, 3.05) is 21.3 Å².